The SMILES string of the molecule is CC(C)(C)C(C)(C)c1ccc(-n2c(-c3ccccc3O)nc3c(-c4cc(-c5ccccc5)cc(-c5cc(-c6ccc(-c7ccccc7)cc6)ccn5)c4)cccc32)c(-c2ccccc2)c1. The van der Waals surface area contributed by atoms with Crippen LogP contribution in [0.1, 0.15) is 40.2 Å². The summed E-state index contributed by atoms with van der Waals surface area (Å²) in [5, 5.41) is 11.5. The van der Waals surface area contributed by atoms with E-state index in [1.54, 1.807) is 6.07 Å². The monoisotopic (exact) mass is 841 g/mol. The third-order valence-corrected chi connectivity index (χ3v) is 13.5. The zero-order valence-electron chi connectivity index (χ0n) is 37.5. The van der Waals surface area contributed by atoms with E-state index in [1.807, 2.05) is 30.5 Å². The van der Waals surface area contributed by atoms with Gasteiger partial charge in [-0.2, -0.15) is 0 Å². The van der Waals surface area contributed by atoms with Crippen LogP contribution in [0.3, 0.4) is 0 Å². The Balaban J connectivity index is 1.17. The van der Waals surface area contributed by atoms with Gasteiger partial charge in [0.2, 0.25) is 0 Å². The predicted octanol–water partition coefficient (Wildman–Crippen LogP) is 16.1. The van der Waals surface area contributed by atoms with E-state index < -0.39 is 0 Å². The smallest absolute Gasteiger partial charge is 0.149 e. The highest BCUT2D eigenvalue weighted by Crippen LogP contribution is 2.45. The van der Waals surface area contributed by atoms with Gasteiger partial charge in [-0.3, -0.25) is 9.55 Å². The van der Waals surface area contributed by atoms with Gasteiger partial charge in [-0.1, -0.05) is 180 Å². The minimum Gasteiger partial charge on any atom is -0.507 e. The van der Waals surface area contributed by atoms with Crippen LogP contribution < -0.4 is 0 Å². The third kappa shape index (κ3) is 7.82. The molecule has 0 aliphatic heterocycles. The van der Waals surface area contributed by atoms with E-state index in [2.05, 4.69) is 215 Å². The number of benzene rings is 8. The topological polar surface area (TPSA) is 50.9 Å². The first-order valence-corrected chi connectivity index (χ1v) is 22.4. The molecular weight excluding hydrogens is 791 g/mol. The van der Waals surface area contributed by atoms with Crippen molar-refractivity contribution < 1.29 is 5.11 Å². The Morgan fingerprint density at radius 2 is 0.969 bits per heavy atom. The van der Waals surface area contributed by atoms with Crippen LogP contribution in [0.5, 0.6) is 5.75 Å². The van der Waals surface area contributed by atoms with Crippen molar-refractivity contribution in [2.75, 3.05) is 0 Å². The van der Waals surface area contributed by atoms with Crippen molar-refractivity contribution in [3.05, 3.63) is 218 Å². The number of aromatic nitrogens is 3. The molecule has 316 valence electrons. The average molecular weight is 842 g/mol. The molecule has 2 heterocycles. The quantitative estimate of drug-likeness (QED) is 0.157. The first-order valence-electron chi connectivity index (χ1n) is 22.4. The van der Waals surface area contributed by atoms with Gasteiger partial charge in [0.25, 0.3) is 0 Å². The Labute approximate surface area is 382 Å². The highest BCUT2D eigenvalue weighted by Gasteiger charge is 2.35. The average Bonchev–Trinajstić information content (AvgIpc) is 3.74. The molecule has 0 saturated heterocycles. The Morgan fingerprint density at radius 3 is 1.63 bits per heavy atom. The minimum absolute atomic E-state index is 0.0121. The van der Waals surface area contributed by atoms with E-state index >= 15 is 0 Å². The lowest BCUT2D eigenvalue weighted by molar-refractivity contribution is 0.225. The zero-order chi connectivity index (χ0) is 44.7. The van der Waals surface area contributed by atoms with Crippen molar-refractivity contribution >= 4 is 11.0 Å². The maximum atomic E-state index is 11.5. The van der Waals surface area contributed by atoms with E-state index in [9.17, 15) is 5.11 Å². The summed E-state index contributed by atoms with van der Waals surface area (Å²) >= 11 is 0. The van der Waals surface area contributed by atoms with Crippen molar-refractivity contribution in [2.24, 2.45) is 5.41 Å². The van der Waals surface area contributed by atoms with Crippen LogP contribution in [0.15, 0.2) is 212 Å². The molecule has 0 aliphatic rings. The van der Waals surface area contributed by atoms with Gasteiger partial charge in [0.1, 0.15) is 11.6 Å². The van der Waals surface area contributed by atoms with E-state index in [0.717, 1.165) is 72.5 Å². The summed E-state index contributed by atoms with van der Waals surface area (Å²) in [5.74, 6) is 0.837. The molecule has 10 aromatic rings. The maximum absolute atomic E-state index is 11.5. The number of fused-ring (bicyclic) bond motifs is 1. The fourth-order valence-electron chi connectivity index (χ4n) is 8.80. The molecule has 1 N–H and O–H groups in total. The molecule has 0 spiro atoms. The second kappa shape index (κ2) is 16.7. The molecule has 4 heteroatoms. The molecule has 4 nitrogen and oxygen atoms in total. The van der Waals surface area contributed by atoms with Crippen molar-refractivity contribution in [3.63, 3.8) is 0 Å². The number of rotatable bonds is 9. The molecule has 10 rings (SSSR count). The summed E-state index contributed by atoms with van der Waals surface area (Å²) in [6.45, 7) is 11.6. The maximum Gasteiger partial charge on any atom is 0.149 e. The lowest BCUT2D eigenvalue weighted by Gasteiger charge is -2.40. The summed E-state index contributed by atoms with van der Waals surface area (Å²) in [5.41, 5.74) is 17.5. The van der Waals surface area contributed by atoms with Crippen LogP contribution in [0.4, 0.5) is 0 Å². The first kappa shape index (κ1) is 41.2. The summed E-state index contributed by atoms with van der Waals surface area (Å²) in [4.78, 5) is 10.5. The fourth-order valence-corrected chi connectivity index (χ4v) is 8.80. The highest BCUT2D eigenvalue weighted by molar-refractivity contribution is 5.98. The van der Waals surface area contributed by atoms with Crippen molar-refractivity contribution in [1.29, 1.82) is 0 Å². The summed E-state index contributed by atoms with van der Waals surface area (Å²) in [7, 11) is 0. The number of hydrogen-bond donors (Lipinski definition) is 1. The molecule has 0 unspecified atom stereocenters. The molecule has 0 fully saturated rings. The van der Waals surface area contributed by atoms with Crippen LogP contribution in [0, 0.1) is 5.41 Å². The van der Waals surface area contributed by atoms with Gasteiger partial charge in [0.15, 0.2) is 0 Å². The lowest BCUT2D eigenvalue weighted by Crippen LogP contribution is -2.34. The van der Waals surface area contributed by atoms with Gasteiger partial charge in [-0.25, -0.2) is 4.98 Å². The van der Waals surface area contributed by atoms with Gasteiger partial charge in [0, 0.05) is 22.9 Å². The summed E-state index contributed by atoms with van der Waals surface area (Å²) in [6.07, 6.45) is 1.91. The van der Waals surface area contributed by atoms with Gasteiger partial charge >= 0.3 is 0 Å². The van der Waals surface area contributed by atoms with Gasteiger partial charge in [-0.15, -0.1) is 0 Å². The molecule has 0 amide bonds. The van der Waals surface area contributed by atoms with Crippen LogP contribution in [0.25, 0.3) is 95.0 Å². The normalized spacial score (nSPS) is 11.8. The lowest BCUT2D eigenvalue weighted by atomic mass is 9.65. The number of imidazole rings is 1. The number of para-hydroxylation sites is 2. The van der Waals surface area contributed by atoms with E-state index in [0.29, 0.717) is 11.4 Å². The number of phenolic OH excluding ortho intramolecular Hbond substituents is 1. The third-order valence-electron chi connectivity index (χ3n) is 13.5. The van der Waals surface area contributed by atoms with Gasteiger partial charge in [-0.05, 0) is 122 Å². The van der Waals surface area contributed by atoms with Crippen LogP contribution >= 0.6 is 0 Å². The van der Waals surface area contributed by atoms with E-state index in [1.165, 1.54) is 16.7 Å². The molecule has 0 atom stereocenters. The van der Waals surface area contributed by atoms with Crippen molar-refractivity contribution in [2.45, 2.75) is 40.0 Å². The second-order valence-electron chi connectivity index (χ2n) is 18.5. The standard InChI is InChI=1S/C61H51N3O/c1-60(2,3)61(4,5)50-32-33-55(53(40-50)45-22-13-8-14-23-45)64-56-26-17-25-51(58(56)63-59(64)52-24-15-16-27-57(52)65)48-36-47(42-20-11-7-12-21-42)37-49(38-48)54-39-46(34-35-62-54)44-30-28-43(29-31-44)41-18-9-6-10-19-41/h6-40,65H,1-5H3. The largest absolute Gasteiger partial charge is 0.507 e. The van der Waals surface area contributed by atoms with Gasteiger partial charge in [0.05, 0.1) is 28.0 Å². The number of aromatic hydroxyl groups is 1. The Kier molecular flexibility index (Phi) is 10.6. The van der Waals surface area contributed by atoms with E-state index in [4.69, 9.17) is 9.97 Å². The molecular formula is C61H51N3O. The Bertz CT molecular complexity index is 3310. The molecule has 0 aliphatic carbocycles. The van der Waals surface area contributed by atoms with Crippen LogP contribution in [-0.2, 0) is 5.41 Å². The Hall–Kier alpha value is -7.82. The van der Waals surface area contributed by atoms with Crippen molar-refractivity contribution in [1.82, 2.24) is 14.5 Å². The number of pyridine rings is 1. The second-order valence-corrected chi connectivity index (χ2v) is 18.5. The van der Waals surface area contributed by atoms with E-state index in [-0.39, 0.29) is 16.6 Å². The minimum atomic E-state index is -0.122. The van der Waals surface area contributed by atoms with Crippen molar-refractivity contribution in [3.8, 4) is 89.7 Å². The molecule has 65 heavy (non-hydrogen) atoms. The summed E-state index contributed by atoms with van der Waals surface area (Å²) in [6, 6.07) is 72.2. The summed E-state index contributed by atoms with van der Waals surface area (Å²) < 4.78 is 2.24. The molecule has 0 saturated carbocycles. The number of phenols is 1. The number of nitrogens with zero attached hydrogens (tertiary/aromatic N) is 3. The van der Waals surface area contributed by atoms with Gasteiger partial charge < -0.3 is 5.11 Å². The van der Waals surface area contributed by atoms with Crippen LogP contribution in [0.2, 0.25) is 0 Å². The number of hydrogen-bond acceptors (Lipinski definition) is 3. The molecule has 0 radical (unpaired) electrons. The molecule has 8 aromatic carbocycles. The predicted molar refractivity (Wildman–Crippen MR) is 271 cm³/mol. The highest BCUT2D eigenvalue weighted by atomic mass is 16.3. The first-order chi connectivity index (χ1) is 31.5. The molecule has 2 aromatic heterocycles. The van der Waals surface area contributed by atoms with Crippen LogP contribution in [-0.4, -0.2) is 19.6 Å². The fraction of sp³-hybridized carbons (Fsp3) is 0.115. The zero-order valence-corrected chi connectivity index (χ0v) is 37.5. The molecule has 0 bridgehead atoms. The Morgan fingerprint density at radius 1 is 0.415 bits per heavy atom.